The standard InChI is InChI=1S/C13H15NO3/c1-9-8-14(6-3-7-15)12-10(9)4-2-5-11(12)13(16)17/h2,4-5,8,15H,3,6-7H2,1H3,(H,16,17). The molecule has 2 rings (SSSR count). The van der Waals surface area contributed by atoms with Gasteiger partial charge in [-0.1, -0.05) is 12.1 Å². The molecule has 1 heterocycles. The number of carboxylic acid groups (broad SMARTS) is 1. The van der Waals surface area contributed by atoms with Gasteiger partial charge < -0.3 is 14.8 Å². The monoisotopic (exact) mass is 233 g/mol. The Morgan fingerprint density at radius 3 is 2.82 bits per heavy atom. The van der Waals surface area contributed by atoms with Gasteiger partial charge in [0, 0.05) is 24.7 Å². The maximum atomic E-state index is 11.2. The number of hydrogen-bond donors (Lipinski definition) is 2. The lowest BCUT2D eigenvalue weighted by atomic mass is 10.1. The Morgan fingerprint density at radius 2 is 2.18 bits per heavy atom. The van der Waals surface area contributed by atoms with Crippen molar-refractivity contribution in [3.05, 3.63) is 35.5 Å². The third-order valence-corrected chi connectivity index (χ3v) is 2.89. The number of aromatic nitrogens is 1. The zero-order valence-corrected chi connectivity index (χ0v) is 9.68. The molecule has 2 N–H and O–H groups in total. The topological polar surface area (TPSA) is 62.5 Å². The van der Waals surface area contributed by atoms with Crippen LogP contribution in [-0.2, 0) is 6.54 Å². The van der Waals surface area contributed by atoms with Gasteiger partial charge in [0.1, 0.15) is 0 Å². The first-order valence-electron chi connectivity index (χ1n) is 5.57. The van der Waals surface area contributed by atoms with E-state index in [0.29, 0.717) is 18.5 Å². The second-order valence-electron chi connectivity index (χ2n) is 4.09. The lowest BCUT2D eigenvalue weighted by molar-refractivity contribution is 0.0698. The summed E-state index contributed by atoms with van der Waals surface area (Å²) in [5.41, 5.74) is 2.11. The van der Waals surface area contributed by atoms with E-state index in [1.807, 2.05) is 23.8 Å². The Morgan fingerprint density at radius 1 is 1.41 bits per heavy atom. The van der Waals surface area contributed by atoms with Crippen molar-refractivity contribution in [2.45, 2.75) is 19.9 Å². The molecule has 0 saturated heterocycles. The molecule has 0 unspecified atom stereocenters. The molecule has 4 heteroatoms. The highest BCUT2D eigenvalue weighted by Crippen LogP contribution is 2.24. The van der Waals surface area contributed by atoms with E-state index in [4.69, 9.17) is 5.11 Å². The van der Waals surface area contributed by atoms with Crippen LogP contribution >= 0.6 is 0 Å². The van der Waals surface area contributed by atoms with E-state index in [9.17, 15) is 9.90 Å². The molecule has 0 saturated carbocycles. The number of aliphatic hydroxyl groups is 1. The van der Waals surface area contributed by atoms with Crippen molar-refractivity contribution in [2.24, 2.45) is 0 Å². The van der Waals surface area contributed by atoms with E-state index in [0.717, 1.165) is 16.5 Å². The quantitative estimate of drug-likeness (QED) is 0.849. The van der Waals surface area contributed by atoms with E-state index >= 15 is 0 Å². The van der Waals surface area contributed by atoms with Gasteiger partial charge in [-0.15, -0.1) is 0 Å². The second kappa shape index (κ2) is 4.59. The number of carbonyl (C=O) groups is 1. The van der Waals surface area contributed by atoms with Gasteiger partial charge in [0.2, 0.25) is 0 Å². The number of aryl methyl sites for hydroxylation is 2. The first-order chi connectivity index (χ1) is 8.15. The number of aliphatic hydroxyl groups excluding tert-OH is 1. The third kappa shape index (κ3) is 2.03. The molecule has 1 aromatic carbocycles. The van der Waals surface area contributed by atoms with E-state index < -0.39 is 5.97 Å². The van der Waals surface area contributed by atoms with Crippen LogP contribution in [0.3, 0.4) is 0 Å². The smallest absolute Gasteiger partial charge is 0.337 e. The first-order valence-corrected chi connectivity index (χ1v) is 5.57. The molecule has 0 aliphatic heterocycles. The summed E-state index contributed by atoms with van der Waals surface area (Å²) in [7, 11) is 0. The number of hydrogen-bond acceptors (Lipinski definition) is 2. The van der Waals surface area contributed by atoms with Crippen LogP contribution in [0.1, 0.15) is 22.3 Å². The minimum Gasteiger partial charge on any atom is -0.478 e. The molecule has 4 nitrogen and oxygen atoms in total. The third-order valence-electron chi connectivity index (χ3n) is 2.89. The van der Waals surface area contributed by atoms with Crippen molar-refractivity contribution in [1.29, 1.82) is 0 Å². The lowest BCUT2D eigenvalue weighted by Crippen LogP contribution is -2.04. The Kier molecular flexibility index (Phi) is 3.15. The van der Waals surface area contributed by atoms with Gasteiger partial charge in [-0.05, 0) is 25.0 Å². The van der Waals surface area contributed by atoms with Crippen LogP contribution in [0, 0.1) is 6.92 Å². The maximum absolute atomic E-state index is 11.2. The number of benzene rings is 1. The minimum atomic E-state index is -0.918. The molecule has 0 amide bonds. The van der Waals surface area contributed by atoms with Crippen molar-refractivity contribution in [1.82, 2.24) is 4.57 Å². The summed E-state index contributed by atoms with van der Waals surface area (Å²) in [5, 5.41) is 19.0. The van der Waals surface area contributed by atoms with Gasteiger partial charge >= 0.3 is 5.97 Å². The highest BCUT2D eigenvalue weighted by molar-refractivity contribution is 6.03. The molecule has 0 aliphatic rings. The average Bonchev–Trinajstić information content (AvgIpc) is 2.64. The van der Waals surface area contributed by atoms with Gasteiger partial charge in [0.05, 0.1) is 11.1 Å². The summed E-state index contributed by atoms with van der Waals surface area (Å²) in [5.74, 6) is -0.918. The molecule has 17 heavy (non-hydrogen) atoms. The molecule has 0 fully saturated rings. The molecule has 0 bridgehead atoms. The number of rotatable bonds is 4. The molecule has 0 aliphatic carbocycles. The zero-order valence-electron chi connectivity index (χ0n) is 9.68. The largest absolute Gasteiger partial charge is 0.478 e. The van der Waals surface area contributed by atoms with Crippen LogP contribution in [0.15, 0.2) is 24.4 Å². The zero-order chi connectivity index (χ0) is 12.4. The molecular weight excluding hydrogens is 218 g/mol. The van der Waals surface area contributed by atoms with Gasteiger partial charge in [-0.25, -0.2) is 4.79 Å². The van der Waals surface area contributed by atoms with Crippen molar-refractivity contribution >= 4 is 16.9 Å². The SMILES string of the molecule is Cc1cn(CCCO)c2c(C(=O)O)cccc12. The van der Waals surface area contributed by atoms with E-state index in [1.54, 1.807) is 12.1 Å². The summed E-state index contributed by atoms with van der Waals surface area (Å²) in [6.07, 6.45) is 2.56. The average molecular weight is 233 g/mol. The molecular formula is C13H15NO3. The van der Waals surface area contributed by atoms with Crippen molar-refractivity contribution in [3.63, 3.8) is 0 Å². The Labute approximate surface area is 99.1 Å². The Balaban J connectivity index is 2.63. The van der Waals surface area contributed by atoms with Gasteiger partial charge in [-0.3, -0.25) is 0 Å². The summed E-state index contributed by atoms with van der Waals surface area (Å²) in [6.45, 7) is 2.70. The highest BCUT2D eigenvalue weighted by Gasteiger charge is 2.13. The predicted molar refractivity (Wildman–Crippen MR) is 65.3 cm³/mol. The molecule has 1 aromatic heterocycles. The second-order valence-corrected chi connectivity index (χ2v) is 4.09. The molecule has 0 atom stereocenters. The van der Waals surface area contributed by atoms with Crippen molar-refractivity contribution in [2.75, 3.05) is 6.61 Å². The van der Waals surface area contributed by atoms with E-state index in [2.05, 4.69) is 0 Å². The molecule has 90 valence electrons. The maximum Gasteiger partial charge on any atom is 0.337 e. The number of para-hydroxylation sites is 1. The normalized spacial score (nSPS) is 10.9. The van der Waals surface area contributed by atoms with Crippen LogP contribution in [0.4, 0.5) is 0 Å². The van der Waals surface area contributed by atoms with E-state index in [1.165, 1.54) is 0 Å². The number of nitrogens with zero attached hydrogens (tertiary/aromatic N) is 1. The fraction of sp³-hybridized carbons (Fsp3) is 0.308. The van der Waals surface area contributed by atoms with Gasteiger partial charge in [0.15, 0.2) is 0 Å². The summed E-state index contributed by atoms with van der Waals surface area (Å²) >= 11 is 0. The summed E-state index contributed by atoms with van der Waals surface area (Å²) in [6, 6.07) is 5.29. The summed E-state index contributed by atoms with van der Waals surface area (Å²) in [4.78, 5) is 11.2. The number of aromatic carboxylic acids is 1. The molecule has 0 spiro atoms. The highest BCUT2D eigenvalue weighted by atomic mass is 16.4. The Hall–Kier alpha value is -1.81. The van der Waals surface area contributed by atoms with Crippen LogP contribution < -0.4 is 0 Å². The fourth-order valence-electron chi connectivity index (χ4n) is 2.13. The van der Waals surface area contributed by atoms with Crippen LogP contribution in [0.5, 0.6) is 0 Å². The van der Waals surface area contributed by atoms with Crippen LogP contribution in [0.25, 0.3) is 10.9 Å². The van der Waals surface area contributed by atoms with Gasteiger partial charge in [0.25, 0.3) is 0 Å². The fourth-order valence-corrected chi connectivity index (χ4v) is 2.13. The first kappa shape index (κ1) is 11.7. The van der Waals surface area contributed by atoms with Crippen molar-refractivity contribution in [3.8, 4) is 0 Å². The van der Waals surface area contributed by atoms with Gasteiger partial charge in [-0.2, -0.15) is 0 Å². The number of carboxylic acids is 1. The summed E-state index contributed by atoms with van der Waals surface area (Å²) < 4.78 is 1.91. The molecule has 2 aromatic rings. The van der Waals surface area contributed by atoms with Crippen LogP contribution in [0.2, 0.25) is 0 Å². The predicted octanol–water partition coefficient (Wildman–Crippen LogP) is 2.03. The van der Waals surface area contributed by atoms with E-state index in [-0.39, 0.29) is 6.61 Å². The number of fused-ring (bicyclic) bond motifs is 1. The van der Waals surface area contributed by atoms with Crippen molar-refractivity contribution < 1.29 is 15.0 Å². The molecule has 0 radical (unpaired) electrons. The van der Waals surface area contributed by atoms with Crippen LogP contribution in [-0.4, -0.2) is 27.4 Å². The Bertz CT molecular complexity index is 557. The lowest BCUT2D eigenvalue weighted by Gasteiger charge is -2.06. The minimum absolute atomic E-state index is 0.105.